The Morgan fingerprint density at radius 1 is 0.765 bits per heavy atom. The zero-order chi connectivity index (χ0) is 25.0. The van der Waals surface area contributed by atoms with E-state index in [0.29, 0.717) is 0 Å². The van der Waals surface area contributed by atoms with Gasteiger partial charge in [0.1, 0.15) is 6.33 Å². The molecule has 0 saturated carbocycles. The van der Waals surface area contributed by atoms with Crippen molar-refractivity contribution in [1.82, 2.24) is 15.3 Å². The molecule has 0 radical (unpaired) electrons. The van der Waals surface area contributed by atoms with Crippen molar-refractivity contribution >= 4 is 36.7 Å². The van der Waals surface area contributed by atoms with Gasteiger partial charge < -0.3 is 5.32 Å². The molecule has 0 aliphatic carbocycles. The minimum Gasteiger partial charge on any atom is -0.312 e. The van der Waals surface area contributed by atoms with Crippen molar-refractivity contribution in [2.45, 2.75) is 68.7 Å². The standard InChI is InChI=1S/C20H26OS2.C7H11N3S/c1-19(2,3)15-7-11-17(12-8-15)22-21-23-18-13-9-16(10-14-18)20(4,5)6;11-2-1-8-3-7-4-9-6-10-5-7/h7-14H,1-6H3;4-6,8,11H,1-3H2. The van der Waals surface area contributed by atoms with Gasteiger partial charge in [0, 0.05) is 70.7 Å². The number of thiol groups is 1. The highest BCUT2D eigenvalue weighted by Crippen LogP contribution is 2.32. The van der Waals surface area contributed by atoms with E-state index >= 15 is 0 Å². The maximum absolute atomic E-state index is 5.69. The van der Waals surface area contributed by atoms with Crippen molar-refractivity contribution in [2.24, 2.45) is 0 Å². The van der Waals surface area contributed by atoms with Gasteiger partial charge in [-0.05, 0) is 46.2 Å². The van der Waals surface area contributed by atoms with Gasteiger partial charge in [0.15, 0.2) is 0 Å². The van der Waals surface area contributed by atoms with Crippen LogP contribution in [0.15, 0.2) is 77.0 Å². The molecule has 3 aromatic rings. The van der Waals surface area contributed by atoms with Gasteiger partial charge in [-0.2, -0.15) is 12.6 Å². The average molecular weight is 516 g/mol. The largest absolute Gasteiger partial charge is 0.312 e. The molecule has 4 nitrogen and oxygen atoms in total. The summed E-state index contributed by atoms with van der Waals surface area (Å²) in [5, 5.41) is 3.19. The van der Waals surface area contributed by atoms with Crippen molar-refractivity contribution in [1.29, 1.82) is 0 Å². The van der Waals surface area contributed by atoms with Gasteiger partial charge in [-0.1, -0.05) is 65.8 Å². The summed E-state index contributed by atoms with van der Waals surface area (Å²) in [6.07, 6.45) is 5.14. The molecule has 2 aromatic carbocycles. The van der Waals surface area contributed by atoms with Crippen LogP contribution in [0.3, 0.4) is 0 Å². The molecular formula is C27H37N3OS3. The van der Waals surface area contributed by atoms with Gasteiger partial charge in [-0.3, -0.25) is 0 Å². The van der Waals surface area contributed by atoms with Crippen LogP contribution in [0, 0.1) is 0 Å². The predicted molar refractivity (Wildman–Crippen MR) is 151 cm³/mol. The fraction of sp³-hybridized carbons (Fsp3) is 0.407. The molecule has 0 aliphatic rings. The summed E-state index contributed by atoms with van der Waals surface area (Å²) in [6, 6.07) is 17.2. The lowest BCUT2D eigenvalue weighted by molar-refractivity contribution is 0.589. The molecule has 1 heterocycles. The number of hydrogen-bond donors (Lipinski definition) is 2. The summed E-state index contributed by atoms with van der Waals surface area (Å²) in [4.78, 5) is 10.0. The maximum Gasteiger partial charge on any atom is 0.115 e. The fourth-order valence-corrected chi connectivity index (χ4v) is 4.27. The maximum atomic E-state index is 5.69. The van der Waals surface area contributed by atoms with Crippen LogP contribution >= 0.6 is 36.7 Å². The Balaban J connectivity index is 0.000000310. The van der Waals surface area contributed by atoms with Gasteiger partial charge in [0.05, 0.1) is 0 Å². The number of nitrogens with zero attached hydrogens (tertiary/aromatic N) is 2. The quantitative estimate of drug-likeness (QED) is 0.184. The molecule has 0 saturated heterocycles. The predicted octanol–water partition coefficient (Wildman–Crippen LogP) is 7.51. The minimum atomic E-state index is 0.188. The van der Waals surface area contributed by atoms with Crippen molar-refractivity contribution in [2.75, 3.05) is 12.3 Å². The second kappa shape index (κ2) is 14.1. The van der Waals surface area contributed by atoms with Crippen LogP contribution in [0.4, 0.5) is 0 Å². The van der Waals surface area contributed by atoms with E-state index in [0.717, 1.165) is 34.2 Å². The molecule has 1 N–H and O–H groups in total. The Hall–Kier alpha value is -1.51. The lowest BCUT2D eigenvalue weighted by Gasteiger charge is -2.19. The summed E-state index contributed by atoms with van der Waals surface area (Å²) in [5.74, 6) is 0.855. The van der Waals surface area contributed by atoms with Gasteiger partial charge in [0.2, 0.25) is 0 Å². The van der Waals surface area contributed by atoms with Crippen molar-refractivity contribution in [3.63, 3.8) is 0 Å². The number of nitrogens with one attached hydrogen (secondary N) is 1. The Morgan fingerprint density at radius 3 is 1.59 bits per heavy atom. The monoisotopic (exact) mass is 515 g/mol. The van der Waals surface area contributed by atoms with E-state index in [1.165, 1.54) is 41.5 Å². The summed E-state index contributed by atoms with van der Waals surface area (Å²) in [6.45, 7) is 15.1. The lowest BCUT2D eigenvalue weighted by Crippen LogP contribution is -2.15. The first-order valence-corrected chi connectivity index (χ1v) is 13.5. The van der Waals surface area contributed by atoms with Crippen LogP contribution in [-0.2, 0) is 21.0 Å². The van der Waals surface area contributed by atoms with E-state index < -0.39 is 0 Å². The third kappa shape index (κ3) is 10.8. The SMILES string of the molecule is CC(C)(C)c1ccc(SOSc2ccc(C(C)(C)C)cc2)cc1.SCCNCc1cncnc1. The third-order valence-electron chi connectivity index (χ3n) is 4.93. The first kappa shape index (κ1) is 28.7. The number of benzene rings is 2. The number of aromatic nitrogens is 2. The van der Waals surface area contributed by atoms with Crippen LogP contribution < -0.4 is 5.32 Å². The van der Waals surface area contributed by atoms with Crippen molar-refractivity contribution < 1.29 is 3.63 Å². The zero-order valence-electron chi connectivity index (χ0n) is 21.0. The average Bonchev–Trinajstić information content (AvgIpc) is 2.80. The Kier molecular flexibility index (Phi) is 12.0. The zero-order valence-corrected chi connectivity index (χ0v) is 23.6. The highest BCUT2D eigenvalue weighted by molar-refractivity contribution is 8.07. The van der Waals surface area contributed by atoms with Crippen LogP contribution in [0.1, 0.15) is 58.2 Å². The Morgan fingerprint density at radius 2 is 1.21 bits per heavy atom. The van der Waals surface area contributed by atoms with Crippen molar-refractivity contribution in [3.05, 3.63) is 83.9 Å². The second-order valence-electron chi connectivity index (χ2n) is 9.93. The van der Waals surface area contributed by atoms with Gasteiger partial charge >= 0.3 is 0 Å². The third-order valence-corrected chi connectivity index (χ3v) is 6.63. The molecule has 0 fully saturated rings. The van der Waals surface area contributed by atoms with E-state index in [1.807, 2.05) is 0 Å². The normalized spacial score (nSPS) is 11.6. The highest BCUT2D eigenvalue weighted by Gasteiger charge is 2.14. The summed E-state index contributed by atoms with van der Waals surface area (Å²) < 4.78 is 5.69. The van der Waals surface area contributed by atoms with Gasteiger partial charge in [-0.25, -0.2) is 13.6 Å². The molecule has 0 unspecified atom stereocenters. The van der Waals surface area contributed by atoms with Crippen LogP contribution in [0.2, 0.25) is 0 Å². The molecule has 0 spiro atoms. The van der Waals surface area contributed by atoms with Crippen LogP contribution in [0.5, 0.6) is 0 Å². The van der Waals surface area contributed by atoms with E-state index in [1.54, 1.807) is 12.4 Å². The highest BCUT2D eigenvalue weighted by atomic mass is 32.2. The number of rotatable bonds is 8. The topological polar surface area (TPSA) is 47.0 Å². The molecule has 7 heteroatoms. The summed E-state index contributed by atoms with van der Waals surface area (Å²) in [5.41, 5.74) is 4.16. The van der Waals surface area contributed by atoms with Gasteiger partial charge in [-0.15, -0.1) is 0 Å². The fourth-order valence-electron chi connectivity index (χ4n) is 2.85. The molecule has 0 atom stereocenters. The van der Waals surface area contributed by atoms with Crippen LogP contribution in [-0.4, -0.2) is 22.3 Å². The smallest absolute Gasteiger partial charge is 0.115 e. The first-order chi connectivity index (χ1) is 16.1. The Bertz CT molecular complexity index is 894. The van der Waals surface area contributed by atoms with Crippen molar-refractivity contribution in [3.8, 4) is 0 Å². The van der Waals surface area contributed by atoms with Crippen LogP contribution in [0.25, 0.3) is 0 Å². The minimum absolute atomic E-state index is 0.188. The van der Waals surface area contributed by atoms with E-state index in [-0.39, 0.29) is 10.8 Å². The Labute approximate surface area is 219 Å². The molecular weight excluding hydrogens is 479 g/mol. The molecule has 0 aliphatic heterocycles. The summed E-state index contributed by atoms with van der Waals surface area (Å²) in [7, 11) is 0. The molecule has 184 valence electrons. The molecule has 34 heavy (non-hydrogen) atoms. The molecule has 3 rings (SSSR count). The van der Waals surface area contributed by atoms with Gasteiger partial charge in [0.25, 0.3) is 0 Å². The summed E-state index contributed by atoms with van der Waals surface area (Å²) >= 11 is 6.89. The second-order valence-corrected chi connectivity index (χ2v) is 12.2. The van der Waals surface area contributed by atoms with E-state index in [4.69, 9.17) is 3.63 Å². The first-order valence-electron chi connectivity index (χ1n) is 11.4. The number of hydrogen-bond acceptors (Lipinski definition) is 7. The molecule has 0 amide bonds. The molecule has 0 bridgehead atoms. The molecule has 1 aromatic heterocycles. The lowest BCUT2D eigenvalue weighted by atomic mass is 9.87. The van der Waals surface area contributed by atoms with E-state index in [9.17, 15) is 0 Å². The van der Waals surface area contributed by atoms with E-state index in [2.05, 4.69) is 118 Å².